The molecule has 8 nitrogen and oxygen atoms in total. The number of anilines is 1. The van der Waals surface area contributed by atoms with Crippen molar-refractivity contribution in [3.05, 3.63) is 23.3 Å². The predicted octanol–water partition coefficient (Wildman–Crippen LogP) is 4.15. The number of urea groups is 1. The zero-order valence-electron chi connectivity index (χ0n) is 17.2. The smallest absolute Gasteiger partial charge is 0.411 e. The van der Waals surface area contributed by atoms with Gasteiger partial charge < -0.3 is 20.1 Å². The molecule has 0 spiro atoms. The molecule has 1 atom stereocenters. The SMILES string of the molecule is COc1cc2c(cc1NC(=O)NCCCCl)CN(C(=O)OC(C)(C)C)C2CC#N. The molecule has 0 aromatic heterocycles. The molecule has 0 fully saturated rings. The van der Waals surface area contributed by atoms with Gasteiger partial charge in [-0.3, -0.25) is 4.90 Å². The zero-order valence-corrected chi connectivity index (χ0v) is 17.9. The van der Waals surface area contributed by atoms with Crippen LogP contribution in [0, 0.1) is 11.3 Å². The van der Waals surface area contributed by atoms with E-state index < -0.39 is 17.7 Å². The molecule has 1 aromatic rings. The first-order valence-corrected chi connectivity index (χ1v) is 9.91. The summed E-state index contributed by atoms with van der Waals surface area (Å²) in [7, 11) is 1.50. The number of nitrogens with one attached hydrogen (secondary N) is 2. The number of hydrogen-bond acceptors (Lipinski definition) is 5. The number of nitriles is 1. The largest absolute Gasteiger partial charge is 0.495 e. The average Bonchev–Trinajstić information content (AvgIpc) is 2.98. The minimum atomic E-state index is -0.644. The summed E-state index contributed by atoms with van der Waals surface area (Å²) in [5.41, 5.74) is 1.47. The summed E-state index contributed by atoms with van der Waals surface area (Å²) in [6, 6.07) is 4.85. The number of rotatable bonds is 6. The van der Waals surface area contributed by atoms with Crippen LogP contribution in [0.1, 0.15) is 50.8 Å². The quantitative estimate of drug-likeness (QED) is 0.529. The third kappa shape index (κ3) is 5.91. The number of hydrogen-bond donors (Lipinski definition) is 2. The molecule has 0 radical (unpaired) electrons. The molecule has 1 aliphatic rings. The summed E-state index contributed by atoms with van der Waals surface area (Å²) in [6.45, 7) is 6.12. The Morgan fingerprint density at radius 3 is 2.69 bits per heavy atom. The fourth-order valence-electron chi connectivity index (χ4n) is 3.07. The van der Waals surface area contributed by atoms with Crippen molar-refractivity contribution in [3.63, 3.8) is 0 Å². The second kappa shape index (κ2) is 9.70. The molecule has 0 saturated carbocycles. The molecule has 158 valence electrons. The maximum Gasteiger partial charge on any atom is 0.411 e. The minimum Gasteiger partial charge on any atom is -0.495 e. The van der Waals surface area contributed by atoms with Gasteiger partial charge >= 0.3 is 12.1 Å². The molecule has 0 aliphatic carbocycles. The highest BCUT2D eigenvalue weighted by Crippen LogP contribution is 2.41. The molecular weight excluding hydrogens is 396 g/mol. The van der Waals surface area contributed by atoms with Gasteiger partial charge in [0, 0.05) is 12.4 Å². The average molecular weight is 423 g/mol. The zero-order chi connectivity index (χ0) is 21.6. The van der Waals surface area contributed by atoms with Crippen LogP contribution in [0.15, 0.2) is 12.1 Å². The van der Waals surface area contributed by atoms with Crippen LogP contribution >= 0.6 is 11.6 Å². The van der Waals surface area contributed by atoms with Crippen LogP contribution in [-0.4, -0.2) is 42.2 Å². The van der Waals surface area contributed by atoms with Crippen LogP contribution in [0.25, 0.3) is 0 Å². The molecule has 1 heterocycles. The predicted molar refractivity (Wildman–Crippen MR) is 110 cm³/mol. The van der Waals surface area contributed by atoms with Crippen LogP contribution < -0.4 is 15.4 Å². The van der Waals surface area contributed by atoms with E-state index in [-0.39, 0.29) is 19.0 Å². The van der Waals surface area contributed by atoms with Crippen LogP contribution in [0.3, 0.4) is 0 Å². The summed E-state index contributed by atoms with van der Waals surface area (Å²) in [5, 5.41) is 14.7. The number of carbonyl (C=O) groups is 2. The van der Waals surface area contributed by atoms with E-state index in [1.54, 1.807) is 32.9 Å². The lowest BCUT2D eigenvalue weighted by molar-refractivity contribution is 0.0175. The molecule has 1 aromatic carbocycles. The van der Waals surface area contributed by atoms with Crippen LogP contribution in [0.5, 0.6) is 5.75 Å². The van der Waals surface area contributed by atoms with Gasteiger partial charge in [-0.05, 0) is 50.5 Å². The van der Waals surface area contributed by atoms with E-state index in [9.17, 15) is 14.9 Å². The van der Waals surface area contributed by atoms with Crippen molar-refractivity contribution in [2.24, 2.45) is 0 Å². The van der Waals surface area contributed by atoms with Crippen molar-refractivity contribution in [1.82, 2.24) is 10.2 Å². The topological polar surface area (TPSA) is 104 Å². The molecule has 2 rings (SSSR count). The van der Waals surface area contributed by atoms with Crippen LogP contribution in [0.4, 0.5) is 15.3 Å². The van der Waals surface area contributed by atoms with E-state index in [4.69, 9.17) is 21.1 Å². The number of alkyl halides is 1. The number of fused-ring (bicyclic) bond motifs is 1. The Morgan fingerprint density at radius 1 is 1.38 bits per heavy atom. The second-order valence-electron chi connectivity index (χ2n) is 7.66. The molecule has 2 N–H and O–H groups in total. The number of nitrogens with zero attached hydrogens (tertiary/aromatic N) is 2. The number of amides is 3. The van der Waals surface area contributed by atoms with E-state index in [0.717, 1.165) is 11.1 Å². The maximum atomic E-state index is 12.7. The Kier molecular flexibility index (Phi) is 7.57. The molecule has 1 unspecified atom stereocenters. The standard InChI is InChI=1S/C20H27ClN4O4/c1-20(2,3)29-19(27)25-12-13-10-15(24-18(26)23-9-5-7-21)17(28-4)11-14(13)16(25)6-8-22/h10-11,16H,5-7,9,12H2,1-4H3,(H2,23,24,26). The molecule has 0 saturated heterocycles. The van der Waals surface area contributed by atoms with E-state index in [1.165, 1.54) is 12.0 Å². The van der Waals surface area contributed by atoms with Gasteiger partial charge in [-0.2, -0.15) is 5.26 Å². The summed E-state index contributed by atoms with van der Waals surface area (Å²) >= 11 is 5.62. The number of ether oxygens (including phenoxy) is 2. The van der Waals surface area contributed by atoms with Crippen LogP contribution in [-0.2, 0) is 11.3 Å². The molecule has 1 aliphatic heterocycles. The Hall–Kier alpha value is -2.66. The lowest BCUT2D eigenvalue weighted by atomic mass is 10.0. The van der Waals surface area contributed by atoms with Crippen molar-refractivity contribution in [3.8, 4) is 11.8 Å². The fraction of sp³-hybridized carbons (Fsp3) is 0.550. The van der Waals surface area contributed by atoms with E-state index >= 15 is 0 Å². The number of methoxy groups -OCH3 is 1. The first-order chi connectivity index (χ1) is 13.7. The monoisotopic (exact) mass is 422 g/mol. The first-order valence-electron chi connectivity index (χ1n) is 9.38. The molecule has 3 amide bonds. The second-order valence-corrected chi connectivity index (χ2v) is 8.04. The highest BCUT2D eigenvalue weighted by molar-refractivity contribution is 6.17. The summed E-state index contributed by atoms with van der Waals surface area (Å²) in [4.78, 5) is 26.3. The van der Waals surface area contributed by atoms with Gasteiger partial charge in [0.1, 0.15) is 11.4 Å². The van der Waals surface area contributed by atoms with E-state index in [1.807, 2.05) is 0 Å². The Bertz CT molecular complexity index is 801. The van der Waals surface area contributed by atoms with Crippen molar-refractivity contribution in [1.29, 1.82) is 5.26 Å². The van der Waals surface area contributed by atoms with E-state index in [0.29, 0.717) is 30.3 Å². The van der Waals surface area contributed by atoms with Crippen molar-refractivity contribution in [2.75, 3.05) is 24.9 Å². The molecule has 0 bridgehead atoms. The van der Waals surface area contributed by atoms with Crippen molar-refractivity contribution >= 4 is 29.4 Å². The Labute approximate surface area is 176 Å². The molecule has 9 heteroatoms. The Balaban J connectivity index is 2.27. The summed E-state index contributed by atoms with van der Waals surface area (Å²) in [6.07, 6.45) is 0.305. The van der Waals surface area contributed by atoms with Gasteiger partial charge in [-0.25, -0.2) is 9.59 Å². The Morgan fingerprint density at radius 2 is 2.10 bits per heavy atom. The highest BCUT2D eigenvalue weighted by Gasteiger charge is 2.37. The third-order valence-electron chi connectivity index (χ3n) is 4.29. The maximum absolute atomic E-state index is 12.7. The minimum absolute atomic E-state index is 0.126. The van der Waals surface area contributed by atoms with Gasteiger partial charge in [0.15, 0.2) is 0 Å². The van der Waals surface area contributed by atoms with Gasteiger partial charge in [0.05, 0.1) is 37.9 Å². The normalized spacial score (nSPS) is 15.3. The number of carbonyl (C=O) groups excluding carboxylic acids is 2. The third-order valence-corrected chi connectivity index (χ3v) is 4.56. The molecule has 29 heavy (non-hydrogen) atoms. The van der Waals surface area contributed by atoms with Gasteiger partial charge in [-0.15, -0.1) is 11.6 Å². The first kappa shape index (κ1) is 22.6. The molecular formula is C20H27ClN4O4. The summed E-state index contributed by atoms with van der Waals surface area (Å²) < 4.78 is 10.9. The fourth-order valence-corrected chi connectivity index (χ4v) is 3.20. The van der Waals surface area contributed by atoms with E-state index in [2.05, 4.69) is 16.7 Å². The summed E-state index contributed by atoms with van der Waals surface area (Å²) in [5.74, 6) is 0.911. The lowest BCUT2D eigenvalue weighted by Crippen LogP contribution is -2.35. The van der Waals surface area contributed by atoms with Crippen molar-refractivity contribution < 1.29 is 19.1 Å². The van der Waals surface area contributed by atoms with Crippen LogP contribution in [0.2, 0.25) is 0 Å². The van der Waals surface area contributed by atoms with Gasteiger partial charge in [0.2, 0.25) is 0 Å². The van der Waals surface area contributed by atoms with Gasteiger partial charge in [0.25, 0.3) is 0 Å². The van der Waals surface area contributed by atoms with Crippen molar-refractivity contribution in [2.45, 2.75) is 51.8 Å². The number of benzene rings is 1. The lowest BCUT2D eigenvalue weighted by Gasteiger charge is -2.27. The number of halogens is 1. The highest BCUT2D eigenvalue weighted by atomic mass is 35.5. The van der Waals surface area contributed by atoms with Gasteiger partial charge in [-0.1, -0.05) is 0 Å².